The van der Waals surface area contributed by atoms with Crippen LogP contribution in [0.3, 0.4) is 0 Å². The summed E-state index contributed by atoms with van der Waals surface area (Å²) in [5, 5.41) is 6.24. The van der Waals surface area contributed by atoms with Gasteiger partial charge in [-0.05, 0) is 46.4 Å². The number of likely N-dealkylation sites (N-methyl/N-ethyl adjacent to an activating group) is 2. The van der Waals surface area contributed by atoms with Crippen molar-refractivity contribution in [1.82, 2.24) is 10.2 Å². The van der Waals surface area contributed by atoms with E-state index in [-0.39, 0.29) is 11.6 Å². The van der Waals surface area contributed by atoms with Crippen molar-refractivity contribution in [1.29, 1.82) is 0 Å². The third kappa shape index (κ3) is 2.53. The number of halogens is 1. The lowest BCUT2D eigenvalue weighted by atomic mass is 9.92. The molecule has 86 valence electrons. The molecule has 0 fully saturated rings. The minimum atomic E-state index is 0.0310. The van der Waals surface area contributed by atoms with Gasteiger partial charge in [0.25, 0.3) is 0 Å². The third-order valence-corrected chi connectivity index (χ3v) is 4.48. The third-order valence-electron chi connectivity index (χ3n) is 3.05. The van der Waals surface area contributed by atoms with Gasteiger partial charge in [-0.2, -0.15) is 0 Å². The van der Waals surface area contributed by atoms with Crippen molar-refractivity contribution in [3.63, 3.8) is 0 Å². The molecular formula is C11H19ClN2S. The summed E-state index contributed by atoms with van der Waals surface area (Å²) in [4.78, 5) is 3.42. The van der Waals surface area contributed by atoms with E-state index in [9.17, 15) is 0 Å². The monoisotopic (exact) mass is 246 g/mol. The smallest absolute Gasteiger partial charge is 0.0608 e. The fourth-order valence-electron chi connectivity index (χ4n) is 1.57. The highest BCUT2D eigenvalue weighted by Crippen LogP contribution is 2.36. The molecule has 0 saturated carbocycles. The van der Waals surface area contributed by atoms with Crippen LogP contribution in [-0.4, -0.2) is 31.6 Å². The molecule has 15 heavy (non-hydrogen) atoms. The Labute approximate surface area is 101 Å². The summed E-state index contributed by atoms with van der Waals surface area (Å²) in [5.74, 6) is 0. The first-order valence-corrected chi connectivity index (χ1v) is 6.24. The molecule has 0 aliphatic heterocycles. The maximum Gasteiger partial charge on any atom is 0.0608 e. The second-order valence-corrected chi connectivity index (χ2v) is 5.76. The van der Waals surface area contributed by atoms with Crippen molar-refractivity contribution in [3.8, 4) is 0 Å². The standard InChI is InChI=1S/C11H19ClN2S/c1-11(2,14(4)5)10(13-3)9-8(12)6-7-15-9/h6-7,10,13H,1-5H3. The Balaban J connectivity index is 3.04. The van der Waals surface area contributed by atoms with Crippen LogP contribution in [-0.2, 0) is 0 Å². The van der Waals surface area contributed by atoms with Crippen molar-refractivity contribution in [2.75, 3.05) is 21.1 Å². The Kier molecular flexibility index (Phi) is 4.18. The SMILES string of the molecule is CNC(c1sccc1Cl)C(C)(C)N(C)C. The van der Waals surface area contributed by atoms with E-state index in [0.717, 1.165) is 5.02 Å². The van der Waals surface area contributed by atoms with Crippen LogP contribution in [0.5, 0.6) is 0 Å². The maximum absolute atomic E-state index is 6.18. The number of rotatable bonds is 4. The van der Waals surface area contributed by atoms with Crippen LogP contribution in [0.4, 0.5) is 0 Å². The lowest BCUT2D eigenvalue weighted by Crippen LogP contribution is -2.48. The van der Waals surface area contributed by atoms with E-state index in [2.05, 4.69) is 38.2 Å². The van der Waals surface area contributed by atoms with Crippen LogP contribution in [0.25, 0.3) is 0 Å². The van der Waals surface area contributed by atoms with Crippen molar-refractivity contribution in [2.24, 2.45) is 0 Å². The second kappa shape index (κ2) is 4.83. The van der Waals surface area contributed by atoms with Crippen molar-refractivity contribution >= 4 is 22.9 Å². The summed E-state index contributed by atoms with van der Waals surface area (Å²) in [5.41, 5.74) is 0.0310. The maximum atomic E-state index is 6.18. The fourth-order valence-corrected chi connectivity index (χ4v) is 3.03. The summed E-state index contributed by atoms with van der Waals surface area (Å²) in [6.45, 7) is 4.43. The Morgan fingerprint density at radius 1 is 1.47 bits per heavy atom. The van der Waals surface area contributed by atoms with E-state index in [0.29, 0.717) is 0 Å². The normalized spacial score (nSPS) is 14.6. The Hall–Kier alpha value is -0.0900. The van der Waals surface area contributed by atoms with Gasteiger partial charge in [0, 0.05) is 10.4 Å². The van der Waals surface area contributed by atoms with Gasteiger partial charge in [0.2, 0.25) is 0 Å². The molecule has 1 unspecified atom stereocenters. The minimum absolute atomic E-state index is 0.0310. The molecule has 0 spiro atoms. The predicted octanol–water partition coefficient (Wildman–Crippen LogP) is 3.00. The average Bonchev–Trinajstić information content (AvgIpc) is 2.53. The van der Waals surface area contributed by atoms with Crippen LogP contribution in [0.15, 0.2) is 11.4 Å². The first-order chi connectivity index (χ1) is 6.91. The highest BCUT2D eigenvalue weighted by Gasteiger charge is 2.33. The van der Waals surface area contributed by atoms with Gasteiger partial charge in [-0.1, -0.05) is 11.6 Å². The van der Waals surface area contributed by atoms with Gasteiger partial charge in [0.15, 0.2) is 0 Å². The average molecular weight is 247 g/mol. The van der Waals surface area contributed by atoms with Gasteiger partial charge in [0.05, 0.1) is 11.1 Å². The molecular weight excluding hydrogens is 228 g/mol. The van der Waals surface area contributed by atoms with E-state index in [4.69, 9.17) is 11.6 Å². The first-order valence-electron chi connectivity index (χ1n) is 4.98. The molecule has 0 aromatic carbocycles. The fraction of sp³-hybridized carbons (Fsp3) is 0.636. The molecule has 0 bridgehead atoms. The molecule has 0 aliphatic rings. The van der Waals surface area contributed by atoms with E-state index in [1.54, 1.807) is 11.3 Å². The predicted molar refractivity (Wildman–Crippen MR) is 68.9 cm³/mol. The molecule has 1 N–H and O–H groups in total. The Morgan fingerprint density at radius 3 is 2.40 bits per heavy atom. The van der Waals surface area contributed by atoms with Crippen molar-refractivity contribution in [2.45, 2.75) is 25.4 Å². The summed E-state index contributed by atoms with van der Waals surface area (Å²) in [6.07, 6.45) is 0. The molecule has 1 rings (SSSR count). The van der Waals surface area contributed by atoms with E-state index in [1.165, 1.54) is 4.88 Å². The molecule has 1 aromatic heterocycles. The van der Waals surface area contributed by atoms with E-state index < -0.39 is 0 Å². The first kappa shape index (κ1) is 13.0. The number of thiophene rings is 1. The lowest BCUT2D eigenvalue weighted by Gasteiger charge is -2.39. The topological polar surface area (TPSA) is 15.3 Å². The highest BCUT2D eigenvalue weighted by molar-refractivity contribution is 7.10. The van der Waals surface area contributed by atoms with Crippen molar-refractivity contribution < 1.29 is 0 Å². The van der Waals surface area contributed by atoms with Crippen LogP contribution in [0.1, 0.15) is 24.8 Å². The number of nitrogens with zero attached hydrogens (tertiary/aromatic N) is 1. The molecule has 0 amide bonds. The summed E-state index contributed by atoms with van der Waals surface area (Å²) >= 11 is 7.88. The molecule has 0 radical (unpaired) electrons. The van der Waals surface area contributed by atoms with Gasteiger partial charge in [0.1, 0.15) is 0 Å². The van der Waals surface area contributed by atoms with Crippen LogP contribution < -0.4 is 5.32 Å². The minimum Gasteiger partial charge on any atom is -0.311 e. The Bertz CT molecular complexity index is 320. The molecule has 4 heteroatoms. The highest BCUT2D eigenvalue weighted by atomic mass is 35.5. The zero-order valence-electron chi connectivity index (χ0n) is 9.97. The molecule has 0 saturated heterocycles. The Morgan fingerprint density at radius 2 is 2.07 bits per heavy atom. The number of hydrogen-bond donors (Lipinski definition) is 1. The summed E-state index contributed by atoms with van der Waals surface area (Å²) < 4.78 is 0. The van der Waals surface area contributed by atoms with Crippen LogP contribution in [0.2, 0.25) is 5.02 Å². The number of nitrogens with one attached hydrogen (secondary N) is 1. The van der Waals surface area contributed by atoms with E-state index >= 15 is 0 Å². The largest absolute Gasteiger partial charge is 0.311 e. The van der Waals surface area contributed by atoms with Gasteiger partial charge in [-0.3, -0.25) is 0 Å². The summed E-state index contributed by atoms with van der Waals surface area (Å²) in [6, 6.07) is 2.21. The van der Waals surface area contributed by atoms with E-state index in [1.807, 2.05) is 18.5 Å². The lowest BCUT2D eigenvalue weighted by molar-refractivity contribution is 0.144. The second-order valence-electron chi connectivity index (χ2n) is 4.40. The molecule has 1 atom stereocenters. The zero-order valence-corrected chi connectivity index (χ0v) is 11.5. The van der Waals surface area contributed by atoms with Gasteiger partial charge >= 0.3 is 0 Å². The zero-order chi connectivity index (χ0) is 11.6. The van der Waals surface area contributed by atoms with Crippen LogP contribution in [0, 0.1) is 0 Å². The van der Waals surface area contributed by atoms with Gasteiger partial charge < -0.3 is 10.2 Å². The molecule has 1 aromatic rings. The molecule has 0 aliphatic carbocycles. The summed E-state index contributed by atoms with van der Waals surface area (Å²) in [7, 11) is 6.16. The van der Waals surface area contributed by atoms with Crippen LogP contribution >= 0.6 is 22.9 Å². The van der Waals surface area contributed by atoms with Gasteiger partial charge in [-0.15, -0.1) is 11.3 Å². The molecule has 2 nitrogen and oxygen atoms in total. The quantitative estimate of drug-likeness (QED) is 0.879. The number of hydrogen-bond acceptors (Lipinski definition) is 3. The molecule has 1 heterocycles. The van der Waals surface area contributed by atoms with Gasteiger partial charge in [-0.25, -0.2) is 0 Å². The van der Waals surface area contributed by atoms with Crippen molar-refractivity contribution in [3.05, 3.63) is 21.3 Å².